The van der Waals surface area contributed by atoms with Gasteiger partial charge < -0.3 is 14.5 Å². The molecule has 1 saturated heterocycles. The predicted molar refractivity (Wildman–Crippen MR) is 134 cm³/mol. The molecule has 2 aromatic carbocycles. The number of methoxy groups -OCH3 is 1. The van der Waals surface area contributed by atoms with Gasteiger partial charge in [-0.3, -0.25) is 14.5 Å². The lowest BCUT2D eigenvalue weighted by molar-refractivity contribution is -0.136. The van der Waals surface area contributed by atoms with Gasteiger partial charge in [-0.1, -0.05) is 30.3 Å². The number of piperidine rings is 1. The zero-order valence-electron chi connectivity index (χ0n) is 21.3. The van der Waals surface area contributed by atoms with Crippen LogP contribution < -0.4 is 4.74 Å². The number of carbonyl (C=O) groups is 2. The summed E-state index contributed by atoms with van der Waals surface area (Å²) in [4.78, 5) is 33.5. The Labute approximate surface area is 203 Å². The SMILES string of the molecule is COc1cc(CN2CCC3(CC2)C(C(=O)N(C)C)c2ccccc2C(=O)N3C(C)C)ccc1C. The maximum atomic E-state index is 13.7. The molecule has 0 bridgehead atoms. The molecule has 0 N–H and O–H groups in total. The lowest BCUT2D eigenvalue weighted by Crippen LogP contribution is -2.66. The Morgan fingerprint density at radius 2 is 1.82 bits per heavy atom. The van der Waals surface area contributed by atoms with E-state index in [-0.39, 0.29) is 23.8 Å². The van der Waals surface area contributed by atoms with Crippen molar-refractivity contribution in [2.24, 2.45) is 0 Å². The molecule has 2 aliphatic heterocycles. The van der Waals surface area contributed by atoms with E-state index in [0.29, 0.717) is 5.56 Å². The summed E-state index contributed by atoms with van der Waals surface area (Å²) in [7, 11) is 5.33. The zero-order valence-corrected chi connectivity index (χ0v) is 21.3. The molecule has 2 heterocycles. The van der Waals surface area contributed by atoms with Crippen LogP contribution in [-0.4, -0.2) is 72.4 Å². The molecule has 1 spiro atoms. The predicted octanol–water partition coefficient (Wildman–Crippen LogP) is 4.07. The minimum atomic E-state index is -0.525. The van der Waals surface area contributed by atoms with Gasteiger partial charge in [0.1, 0.15) is 5.75 Å². The van der Waals surface area contributed by atoms with Crippen molar-refractivity contribution in [3.63, 3.8) is 0 Å². The Kier molecular flexibility index (Phi) is 6.72. The van der Waals surface area contributed by atoms with Crippen LogP contribution in [0.5, 0.6) is 5.75 Å². The highest BCUT2D eigenvalue weighted by atomic mass is 16.5. The van der Waals surface area contributed by atoms with Gasteiger partial charge in [-0.15, -0.1) is 0 Å². The van der Waals surface area contributed by atoms with Crippen LogP contribution in [-0.2, 0) is 11.3 Å². The Balaban J connectivity index is 1.68. The number of likely N-dealkylation sites (tertiary alicyclic amines) is 1. The molecular formula is C28H37N3O3. The molecule has 1 fully saturated rings. The van der Waals surface area contributed by atoms with Crippen LogP contribution in [0.1, 0.15) is 59.7 Å². The Morgan fingerprint density at radius 3 is 2.44 bits per heavy atom. The van der Waals surface area contributed by atoms with Crippen molar-refractivity contribution in [2.75, 3.05) is 34.3 Å². The molecule has 0 radical (unpaired) electrons. The number of hydrogen-bond acceptors (Lipinski definition) is 4. The number of nitrogens with zero attached hydrogens (tertiary/aromatic N) is 3. The van der Waals surface area contributed by atoms with E-state index in [0.717, 1.165) is 49.4 Å². The molecule has 2 amide bonds. The van der Waals surface area contributed by atoms with E-state index in [1.807, 2.05) is 50.2 Å². The smallest absolute Gasteiger partial charge is 0.254 e. The highest BCUT2D eigenvalue weighted by molar-refractivity contribution is 6.02. The highest BCUT2D eigenvalue weighted by Gasteiger charge is 2.56. The van der Waals surface area contributed by atoms with Crippen molar-refractivity contribution in [3.05, 3.63) is 64.7 Å². The van der Waals surface area contributed by atoms with Crippen molar-refractivity contribution in [2.45, 2.75) is 57.7 Å². The number of rotatable bonds is 5. The monoisotopic (exact) mass is 463 g/mol. The lowest BCUT2D eigenvalue weighted by Gasteiger charge is -2.57. The van der Waals surface area contributed by atoms with E-state index in [1.54, 1.807) is 12.0 Å². The molecule has 0 aliphatic carbocycles. The summed E-state index contributed by atoms with van der Waals surface area (Å²) in [5, 5.41) is 0. The third kappa shape index (κ3) is 4.09. The number of fused-ring (bicyclic) bond motifs is 1. The molecule has 1 unspecified atom stereocenters. The molecule has 182 valence electrons. The number of likely N-dealkylation sites (N-methyl/N-ethyl adjacent to an activating group) is 1. The van der Waals surface area contributed by atoms with Crippen LogP contribution in [0.15, 0.2) is 42.5 Å². The van der Waals surface area contributed by atoms with Crippen LogP contribution in [0.25, 0.3) is 0 Å². The van der Waals surface area contributed by atoms with E-state index in [4.69, 9.17) is 4.74 Å². The Bertz CT molecular complexity index is 1070. The van der Waals surface area contributed by atoms with Crippen LogP contribution in [0, 0.1) is 6.92 Å². The molecule has 0 saturated carbocycles. The van der Waals surface area contributed by atoms with Crippen LogP contribution in [0.3, 0.4) is 0 Å². The van der Waals surface area contributed by atoms with Crippen LogP contribution >= 0.6 is 0 Å². The molecular weight excluding hydrogens is 426 g/mol. The van der Waals surface area contributed by atoms with Crippen molar-refractivity contribution >= 4 is 11.8 Å². The van der Waals surface area contributed by atoms with Gasteiger partial charge in [0.05, 0.1) is 18.6 Å². The number of aryl methyl sites for hydroxylation is 1. The summed E-state index contributed by atoms with van der Waals surface area (Å²) >= 11 is 0. The van der Waals surface area contributed by atoms with E-state index in [2.05, 4.69) is 36.9 Å². The summed E-state index contributed by atoms with van der Waals surface area (Å²) < 4.78 is 5.51. The molecule has 2 aliphatic rings. The standard InChI is InChI=1S/C28H37N3O3/c1-19(2)31-26(32)23-10-8-7-9-22(23)25(27(33)29(4)5)28(31)13-15-30(16-14-28)18-21-12-11-20(3)24(17-21)34-6/h7-12,17,19,25H,13-16,18H2,1-6H3. The third-order valence-corrected chi connectivity index (χ3v) is 7.54. The molecule has 0 aromatic heterocycles. The Morgan fingerprint density at radius 1 is 1.15 bits per heavy atom. The fourth-order valence-corrected chi connectivity index (χ4v) is 5.92. The van der Waals surface area contributed by atoms with Gasteiger partial charge >= 0.3 is 0 Å². The number of hydrogen-bond donors (Lipinski definition) is 0. The highest BCUT2D eigenvalue weighted by Crippen LogP contribution is 2.48. The largest absolute Gasteiger partial charge is 0.496 e. The summed E-state index contributed by atoms with van der Waals surface area (Å²) in [6.45, 7) is 8.66. The molecule has 6 nitrogen and oxygen atoms in total. The fraction of sp³-hybridized carbons (Fsp3) is 0.500. The zero-order chi connectivity index (χ0) is 24.6. The summed E-state index contributed by atoms with van der Waals surface area (Å²) in [6, 6.07) is 14.1. The van der Waals surface area contributed by atoms with Crippen LogP contribution in [0.2, 0.25) is 0 Å². The summed E-state index contributed by atoms with van der Waals surface area (Å²) in [5.74, 6) is 0.663. The van der Waals surface area contributed by atoms with E-state index < -0.39 is 5.54 Å². The minimum Gasteiger partial charge on any atom is -0.496 e. The molecule has 34 heavy (non-hydrogen) atoms. The van der Waals surface area contributed by atoms with Gasteiger partial charge in [-0.2, -0.15) is 0 Å². The van der Waals surface area contributed by atoms with Crippen LogP contribution in [0.4, 0.5) is 0 Å². The summed E-state index contributed by atoms with van der Waals surface area (Å²) in [6.07, 6.45) is 1.52. The fourth-order valence-electron chi connectivity index (χ4n) is 5.92. The molecule has 1 atom stereocenters. The third-order valence-electron chi connectivity index (χ3n) is 7.54. The van der Waals surface area contributed by atoms with E-state index in [9.17, 15) is 9.59 Å². The molecule has 6 heteroatoms. The second-order valence-corrected chi connectivity index (χ2v) is 10.2. The normalized spacial score (nSPS) is 19.9. The van der Waals surface area contributed by atoms with Gasteiger partial charge in [0.15, 0.2) is 0 Å². The lowest BCUT2D eigenvalue weighted by atomic mass is 9.66. The summed E-state index contributed by atoms with van der Waals surface area (Å²) in [5.41, 5.74) is 3.35. The maximum Gasteiger partial charge on any atom is 0.254 e. The van der Waals surface area contributed by atoms with E-state index >= 15 is 0 Å². The van der Waals surface area contributed by atoms with Gasteiger partial charge in [0.2, 0.25) is 5.91 Å². The van der Waals surface area contributed by atoms with Crippen molar-refractivity contribution in [3.8, 4) is 5.75 Å². The first kappa shape index (κ1) is 24.3. The number of carbonyl (C=O) groups excluding carboxylic acids is 2. The maximum absolute atomic E-state index is 13.7. The first-order chi connectivity index (χ1) is 16.2. The van der Waals surface area contributed by atoms with Gasteiger partial charge in [0, 0.05) is 45.3 Å². The topological polar surface area (TPSA) is 53.1 Å². The second-order valence-electron chi connectivity index (χ2n) is 10.2. The van der Waals surface area contributed by atoms with Gasteiger partial charge in [0.25, 0.3) is 5.91 Å². The number of ether oxygens (including phenoxy) is 1. The second kappa shape index (κ2) is 9.41. The Hall–Kier alpha value is -2.86. The van der Waals surface area contributed by atoms with Gasteiger partial charge in [-0.05, 0) is 62.4 Å². The van der Waals surface area contributed by atoms with Crippen molar-refractivity contribution < 1.29 is 14.3 Å². The van der Waals surface area contributed by atoms with Crippen molar-refractivity contribution in [1.82, 2.24) is 14.7 Å². The minimum absolute atomic E-state index is 0.00577. The van der Waals surface area contributed by atoms with Crippen molar-refractivity contribution in [1.29, 1.82) is 0 Å². The van der Waals surface area contributed by atoms with Gasteiger partial charge in [-0.25, -0.2) is 0 Å². The first-order valence-electron chi connectivity index (χ1n) is 12.2. The average molecular weight is 464 g/mol. The number of benzene rings is 2. The molecule has 4 rings (SSSR count). The van der Waals surface area contributed by atoms with E-state index in [1.165, 1.54) is 5.56 Å². The first-order valence-corrected chi connectivity index (χ1v) is 12.2. The quantitative estimate of drug-likeness (QED) is 0.671. The molecule has 2 aromatic rings. The number of amides is 2. The average Bonchev–Trinajstić information content (AvgIpc) is 2.81.